The summed E-state index contributed by atoms with van der Waals surface area (Å²) in [5.41, 5.74) is 2.28. The van der Waals surface area contributed by atoms with Crippen molar-refractivity contribution >= 4 is 11.9 Å². The molecule has 6 heteroatoms. The van der Waals surface area contributed by atoms with Crippen LogP contribution in [0, 0.1) is 0 Å². The summed E-state index contributed by atoms with van der Waals surface area (Å²) >= 11 is 0. The minimum atomic E-state index is -0.141. The Hall–Kier alpha value is -3.02. The second-order valence-corrected chi connectivity index (χ2v) is 7.40. The molecule has 2 aromatic rings. The molecular formula is C22H25N3O3. The second-order valence-electron chi connectivity index (χ2n) is 7.40. The third-order valence-electron chi connectivity index (χ3n) is 5.44. The number of benzene rings is 2. The maximum atomic E-state index is 12.5. The van der Waals surface area contributed by atoms with Crippen LogP contribution < -0.4 is 10.1 Å². The lowest BCUT2D eigenvalue weighted by Crippen LogP contribution is -2.54. The molecular weight excluding hydrogens is 354 g/mol. The number of nitrogens with zero attached hydrogens (tertiary/aromatic N) is 2. The maximum Gasteiger partial charge on any atom is 0.318 e. The predicted molar refractivity (Wildman–Crippen MR) is 106 cm³/mol. The fraction of sp³-hybridized carbons (Fsp3) is 0.364. The Morgan fingerprint density at radius 1 is 1.14 bits per heavy atom. The number of hydrogen-bond donors (Lipinski definition) is 1. The van der Waals surface area contributed by atoms with E-state index in [0.29, 0.717) is 25.6 Å². The van der Waals surface area contributed by atoms with Gasteiger partial charge in [0, 0.05) is 31.6 Å². The zero-order chi connectivity index (χ0) is 19.5. The van der Waals surface area contributed by atoms with E-state index < -0.39 is 0 Å². The van der Waals surface area contributed by atoms with Gasteiger partial charge in [-0.2, -0.15) is 0 Å². The highest BCUT2D eigenvalue weighted by molar-refractivity contribution is 5.85. The first kappa shape index (κ1) is 18.3. The van der Waals surface area contributed by atoms with E-state index in [0.717, 1.165) is 17.7 Å². The Balaban J connectivity index is 1.28. The molecule has 0 spiro atoms. The molecule has 2 fully saturated rings. The van der Waals surface area contributed by atoms with Crippen molar-refractivity contribution < 1.29 is 14.3 Å². The van der Waals surface area contributed by atoms with E-state index in [1.54, 1.807) is 16.9 Å². The SMILES string of the molecule is COc1cccc(CN2CCN(C(=O)N[C@@H]3C[C@H]3c3ccccc3)CC2=O)c1. The molecule has 1 aliphatic carbocycles. The van der Waals surface area contributed by atoms with Crippen LogP contribution in [0.1, 0.15) is 23.5 Å². The summed E-state index contributed by atoms with van der Waals surface area (Å²) < 4.78 is 5.24. The molecule has 3 amide bonds. The summed E-state index contributed by atoms with van der Waals surface area (Å²) in [7, 11) is 1.63. The van der Waals surface area contributed by atoms with E-state index in [2.05, 4.69) is 17.4 Å². The minimum absolute atomic E-state index is 0.0281. The normalized spacial score (nSPS) is 21.4. The molecule has 4 rings (SSSR count). The predicted octanol–water partition coefficient (Wildman–Crippen LogP) is 2.61. The number of carbonyl (C=O) groups excluding carboxylic acids is 2. The van der Waals surface area contributed by atoms with Crippen LogP contribution >= 0.6 is 0 Å². The molecule has 0 unspecified atom stereocenters. The van der Waals surface area contributed by atoms with Crippen LogP contribution in [0.25, 0.3) is 0 Å². The van der Waals surface area contributed by atoms with Gasteiger partial charge in [-0.05, 0) is 29.7 Å². The van der Waals surface area contributed by atoms with E-state index in [9.17, 15) is 9.59 Å². The van der Waals surface area contributed by atoms with Crippen molar-refractivity contribution in [2.24, 2.45) is 0 Å². The molecule has 0 radical (unpaired) electrons. The van der Waals surface area contributed by atoms with Crippen molar-refractivity contribution in [3.8, 4) is 5.75 Å². The fourth-order valence-electron chi connectivity index (χ4n) is 3.71. The molecule has 1 N–H and O–H groups in total. The van der Waals surface area contributed by atoms with Gasteiger partial charge in [-0.25, -0.2) is 4.79 Å². The molecule has 0 bridgehead atoms. The van der Waals surface area contributed by atoms with Gasteiger partial charge in [-0.15, -0.1) is 0 Å². The van der Waals surface area contributed by atoms with Crippen LogP contribution in [0.3, 0.4) is 0 Å². The second kappa shape index (κ2) is 7.92. The highest BCUT2D eigenvalue weighted by atomic mass is 16.5. The Bertz CT molecular complexity index is 855. The van der Waals surface area contributed by atoms with Crippen molar-refractivity contribution in [1.82, 2.24) is 15.1 Å². The molecule has 2 aromatic carbocycles. The molecule has 6 nitrogen and oxygen atoms in total. The van der Waals surface area contributed by atoms with Crippen molar-refractivity contribution in [2.45, 2.75) is 24.9 Å². The number of carbonyl (C=O) groups is 2. The van der Waals surface area contributed by atoms with Crippen molar-refractivity contribution in [3.63, 3.8) is 0 Å². The lowest BCUT2D eigenvalue weighted by Gasteiger charge is -2.34. The summed E-state index contributed by atoms with van der Waals surface area (Å²) in [4.78, 5) is 28.5. The molecule has 1 saturated carbocycles. The smallest absolute Gasteiger partial charge is 0.318 e. The van der Waals surface area contributed by atoms with Gasteiger partial charge in [-0.1, -0.05) is 42.5 Å². The number of hydrogen-bond acceptors (Lipinski definition) is 3. The minimum Gasteiger partial charge on any atom is -0.497 e. The number of piperazine rings is 1. The quantitative estimate of drug-likeness (QED) is 0.869. The van der Waals surface area contributed by atoms with Crippen LogP contribution in [0.2, 0.25) is 0 Å². The van der Waals surface area contributed by atoms with E-state index in [1.165, 1.54) is 5.56 Å². The van der Waals surface area contributed by atoms with Gasteiger partial charge in [0.2, 0.25) is 5.91 Å². The molecule has 1 saturated heterocycles. The largest absolute Gasteiger partial charge is 0.497 e. The zero-order valence-electron chi connectivity index (χ0n) is 16.0. The number of urea groups is 1. The Kier molecular flexibility index (Phi) is 5.19. The standard InChI is InChI=1S/C22H25N3O3/c1-28-18-9-5-6-16(12-18)14-24-10-11-25(15-21(24)26)22(27)23-20-13-19(20)17-7-3-2-4-8-17/h2-9,12,19-20H,10-11,13-15H2,1H3,(H,23,27)/t19-,20+/m0/s1. The molecule has 0 aromatic heterocycles. The molecule has 28 heavy (non-hydrogen) atoms. The first-order valence-electron chi connectivity index (χ1n) is 9.65. The summed E-state index contributed by atoms with van der Waals surface area (Å²) in [6.07, 6.45) is 0.958. The number of ether oxygens (including phenoxy) is 1. The van der Waals surface area contributed by atoms with Gasteiger partial charge < -0.3 is 19.9 Å². The van der Waals surface area contributed by atoms with Crippen LogP contribution in [-0.2, 0) is 11.3 Å². The lowest BCUT2D eigenvalue weighted by molar-refractivity contribution is -0.135. The first-order chi connectivity index (χ1) is 13.6. The van der Waals surface area contributed by atoms with Gasteiger partial charge in [0.25, 0.3) is 0 Å². The van der Waals surface area contributed by atoms with Crippen LogP contribution in [-0.4, -0.2) is 54.5 Å². The van der Waals surface area contributed by atoms with Crippen LogP contribution in [0.15, 0.2) is 54.6 Å². The number of rotatable bonds is 5. The average molecular weight is 379 g/mol. The number of amides is 3. The van der Waals surface area contributed by atoms with E-state index in [4.69, 9.17) is 4.74 Å². The molecule has 146 valence electrons. The number of methoxy groups -OCH3 is 1. The van der Waals surface area contributed by atoms with Crippen molar-refractivity contribution in [3.05, 3.63) is 65.7 Å². The van der Waals surface area contributed by atoms with Crippen LogP contribution in [0.4, 0.5) is 4.79 Å². The van der Waals surface area contributed by atoms with Gasteiger partial charge >= 0.3 is 6.03 Å². The topological polar surface area (TPSA) is 61.9 Å². The summed E-state index contributed by atoms with van der Waals surface area (Å²) in [6.45, 7) is 1.74. The van der Waals surface area contributed by atoms with Gasteiger partial charge in [-0.3, -0.25) is 4.79 Å². The molecule has 2 atom stereocenters. The zero-order valence-corrected chi connectivity index (χ0v) is 16.0. The summed E-state index contributed by atoms with van der Waals surface area (Å²) in [5.74, 6) is 1.13. The molecule has 2 aliphatic rings. The summed E-state index contributed by atoms with van der Waals surface area (Å²) in [5, 5.41) is 3.07. The van der Waals surface area contributed by atoms with Gasteiger partial charge in [0.15, 0.2) is 0 Å². The van der Waals surface area contributed by atoms with Crippen molar-refractivity contribution in [2.75, 3.05) is 26.7 Å². The highest BCUT2D eigenvalue weighted by Crippen LogP contribution is 2.40. The Morgan fingerprint density at radius 3 is 2.71 bits per heavy atom. The van der Waals surface area contributed by atoms with E-state index >= 15 is 0 Å². The van der Waals surface area contributed by atoms with Crippen molar-refractivity contribution in [1.29, 1.82) is 0 Å². The highest BCUT2D eigenvalue weighted by Gasteiger charge is 2.40. The van der Waals surface area contributed by atoms with Gasteiger partial charge in [0.1, 0.15) is 12.3 Å². The summed E-state index contributed by atoms with van der Waals surface area (Å²) in [6, 6.07) is 18.0. The monoisotopic (exact) mass is 379 g/mol. The third-order valence-corrected chi connectivity index (χ3v) is 5.44. The lowest BCUT2D eigenvalue weighted by atomic mass is 10.1. The third kappa shape index (κ3) is 4.11. The average Bonchev–Trinajstić information content (AvgIpc) is 3.49. The Labute approximate surface area is 165 Å². The molecule has 1 heterocycles. The van der Waals surface area contributed by atoms with Crippen LogP contribution in [0.5, 0.6) is 5.75 Å². The fourth-order valence-corrected chi connectivity index (χ4v) is 3.71. The molecule has 1 aliphatic heterocycles. The number of nitrogens with one attached hydrogen (secondary N) is 1. The maximum absolute atomic E-state index is 12.5. The van der Waals surface area contributed by atoms with E-state index in [1.807, 2.05) is 42.5 Å². The Morgan fingerprint density at radius 2 is 1.96 bits per heavy atom. The first-order valence-corrected chi connectivity index (χ1v) is 9.65. The van der Waals surface area contributed by atoms with Gasteiger partial charge in [0.05, 0.1) is 7.11 Å². The van der Waals surface area contributed by atoms with E-state index in [-0.39, 0.29) is 24.5 Å².